The second-order valence-electron chi connectivity index (χ2n) is 3.42. The predicted molar refractivity (Wildman–Crippen MR) is 66.2 cm³/mol. The molecule has 2 heterocycles. The number of hydrogen-bond acceptors (Lipinski definition) is 3. The van der Waals surface area contributed by atoms with Gasteiger partial charge in [-0.05, 0) is 33.6 Å². The Balaban J connectivity index is 2.39. The largest absolute Gasteiger partial charge is 0.398 e. The van der Waals surface area contributed by atoms with E-state index in [9.17, 15) is 4.79 Å². The summed E-state index contributed by atoms with van der Waals surface area (Å²) in [4.78, 5) is 15.8. The van der Waals surface area contributed by atoms with Gasteiger partial charge in [0.1, 0.15) is 0 Å². The fourth-order valence-electron chi connectivity index (χ4n) is 1.43. The molecule has 0 atom stereocenters. The number of halogens is 1. The molecule has 16 heavy (non-hydrogen) atoms. The third-order valence-electron chi connectivity index (χ3n) is 2.14. The smallest absolute Gasteiger partial charge is 0.265 e. The molecule has 0 saturated heterocycles. The SMILES string of the molecule is Nc1cc(Br)c(=O)n(Cc2cccnc2)c1. The summed E-state index contributed by atoms with van der Waals surface area (Å²) in [6.07, 6.45) is 5.05. The van der Waals surface area contributed by atoms with E-state index in [4.69, 9.17) is 5.73 Å². The molecule has 5 heteroatoms. The maximum Gasteiger partial charge on any atom is 0.265 e. The maximum absolute atomic E-state index is 11.8. The van der Waals surface area contributed by atoms with Crippen LogP contribution in [0.25, 0.3) is 0 Å². The first-order valence-corrected chi connectivity index (χ1v) is 5.50. The van der Waals surface area contributed by atoms with Gasteiger partial charge in [-0.3, -0.25) is 9.78 Å². The average molecular weight is 280 g/mol. The van der Waals surface area contributed by atoms with Gasteiger partial charge in [-0.15, -0.1) is 0 Å². The van der Waals surface area contributed by atoms with Crippen LogP contribution in [-0.2, 0) is 6.54 Å². The second-order valence-corrected chi connectivity index (χ2v) is 4.27. The molecule has 0 aromatic carbocycles. The van der Waals surface area contributed by atoms with Crippen molar-refractivity contribution < 1.29 is 0 Å². The second kappa shape index (κ2) is 4.49. The molecule has 0 saturated carbocycles. The molecular formula is C11H10BrN3O. The maximum atomic E-state index is 11.8. The number of nitrogen functional groups attached to an aromatic ring is 1. The van der Waals surface area contributed by atoms with Gasteiger partial charge in [0.2, 0.25) is 0 Å². The molecule has 0 amide bonds. The lowest BCUT2D eigenvalue weighted by Crippen LogP contribution is -2.21. The van der Waals surface area contributed by atoms with Gasteiger partial charge in [0.05, 0.1) is 11.0 Å². The Labute approximate surface area is 101 Å². The fraction of sp³-hybridized carbons (Fsp3) is 0.0909. The summed E-state index contributed by atoms with van der Waals surface area (Å²) in [5, 5.41) is 0. The van der Waals surface area contributed by atoms with E-state index < -0.39 is 0 Å². The van der Waals surface area contributed by atoms with Crippen LogP contribution in [0.1, 0.15) is 5.56 Å². The third-order valence-corrected chi connectivity index (χ3v) is 2.71. The van der Waals surface area contributed by atoms with Gasteiger partial charge in [-0.1, -0.05) is 6.07 Å². The van der Waals surface area contributed by atoms with Gasteiger partial charge < -0.3 is 10.3 Å². The Bertz CT molecular complexity index is 551. The van der Waals surface area contributed by atoms with E-state index in [1.807, 2.05) is 12.1 Å². The first kappa shape index (κ1) is 10.9. The number of nitrogens with two attached hydrogens (primary N) is 1. The third kappa shape index (κ3) is 2.30. The summed E-state index contributed by atoms with van der Waals surface area (Å²) in [7, 11) is 0. The van der Waals surface area contributed by atoms with Crippen molar-refractivity contribution in [3.05, 3.63) is 57.2 Å². The molecule has 0 spiro atoms. The van der Waals surface area contributed by atoms with Gasteiger partial charge in [0, 0.05) is 24.3 Å². The molecule has 0 aliphatic carbocycles. The van der Waals surface area contributed by atoms with Gasteiger partial charge in [0.25, 0.3) is 5.56 Å². The highest BCUT2D eigenvalue weighted by molar-refractivity contribution is 9.10. The normalized spacial score (nSPS) is 10.3. The van der Waals surface area contributed by atoms with E-state index >= 15 is 0 Å². The monoisotopic (exact) mass is 279 g/mol. The molecule has 2 N–H and O–H groups in total. The number of hydrogen-bond donors (Lipinski definition) is 1. The zero-order valence-corrected chi connectivity index (χ0v) is 10.0. The van der Waals surface area contributed by atoms with Crippen LogP contribution in [0.5, 0.6) is 0 Å². The van der Waals surface area contributed by atoms with E-state index in [2.05, 4.69) is 20.9 Å². The summed E-state index contributed by atoms with van der Waals surface area (Å²) >= 11 is 3.18. The van der Waals surface area contributed by atoms with Crippen LogP contribution in [-0.4, -0.2) is 9.55 Å². The summed E-state index contributed by atoms with van der Waals surface area (Å²) in [6.45, 7) is 0.469. The molecule has 4 nitrogen and oxygen atoms in total. The minimum absolute atomic E-state index is 0.0990. The van der Waals surface area contributed by atoms with Crippen molar-refractivity contribution in [2.24, 2.45) is 0 Å². The van der Waals surface area contributed by atoms with Crippen LogP contribution < -0.4 is 11.3 Å². The number of rotatable bonds is 2. The number of pyridine rings is 2. The van der Waals surface area contributed by atoms with Crippen molar-refractivity contribution >= 4 is 21.6 Å². The highest BCUT2D eigenvalue weighted by Gasteiger charge is 2.03. The van der Waals surface area contributed by atoms with E-state index in [1.54, 1.807) is 29.2 Å². The molecule has 2 rings (SSSR count). The van der Waals surface area contributed by atoms with E-state index in [1.165, 1.54) is 0 Å². The molecule has 2 aromatic heterocycles. The number of anilines is 1. The average Bonchev–Trinajstić information content (AvgIpc) is 2.27. The van der Waals surface area contributed by atoms with Gasteiger partial charge in [-0.25, -0.2) is 0 Å². The molecule has 0 unspecified atom stereocenters. The lowest BCUT2D eigenvalue weighted by Gasteiger charge is -2.07. The van der Waals surface area contributed by atoms with Gasteiger partial charge >= 0.3 is 0 Å². The quantitative estimate of drug-likeness (QED) is 0.909. The molecule has 0 aliphatic heterocycles. The molecule has 82 valence electrons. The molecule has 0 aliphatic rings. The molecule has 2 aromatic rings. The zero-order chi connectivity index (χ0) is 11.5. The Hall–Kier alpha value is -1.62. The lowest BCUT2D eigenvalue weighted by atomic mass is 10.3. The number of nitrogens with zero attached hydrogens (tertiary/aromatic N) is 2. The van der Waals surface area contributed by atoms with Crippen LogP contribution in [0, 0.1) is 0 Å². The van der Waals surface area contributed by atoms with E-state index in [0.717, 1.165) is 5.56 Å². The molecular weight excluding hydrogens is 270 g/mol. The van der Waals surface area contributed by atoms with Crippen molar-refractivity contribution in [2.75, 3.05) is 5.73 Å². The first-order valence-electron chi connectivity index (χ1n) is 4.71. The van der Waals surface area contributed by atoms with Crippen molar-refractivity contribution in [3.63, 3.8) is 0 Å². The zero-order valence-electron chi connectivity index (χ0n) is 8.43. The van der Waals surface area contributed by atoms with E-state index in [-0.39, 0.29) is 5.56 Å². The highest BCUT2D eigenvalue weighted by Crippen LogP contribution is 2.09. The molecule has 0 radical (unpaired) electrons. The molecule has 0 fully saturated rings. The Kier molecular flexibility index (Phi) is 3.05. The van der Waals surface area contributed by atoms with Crippen LogP contribution in [0.3, 0.4) is 0 Å². The Morgan fingerprint density at radius 2 is 2.31 bits per heavy atom. The van der Waals surface area contributed by atoms with Crippen LogP contribution in [0.15, 0.2) is 46.1 Å². The Morgan fingerprint density at radius 1 is 1.50 bits per heavy atom. The van der Waals surface area contributed by atoms with Gasteiger partial charge in [0.15, 0.2) is 0 Å². The van der Waals surface area contributed by atoms with Crippen molar-refractivity contribution in [2.45, 2.75) is 6.54 Å². The fourth-order valence-corrected chi connectivity index (χ4v) is 1.92. The first-order chi connectivity index (χ1) is 7.66. The van der Waals surface area contributed by atoms with Crippen molar-refractivity contribution in [1.82, 2.24) is 9.55 Å². The summed E-state index contributed by atoms with van der Waals surface area (Å²) in [5.74, 6) is 0. The summed E-state index contributed by atoms with van der Waals surface area (Å²) < 4.78 is 2.02. The lowest BCUT2D eigenvalue weighted by molar-refractivity contribution is 0.754. The van der Waals surface area contributed by atoms with Crippen LogP contribution in [0.4, 0.5) is 5.69 Å². The Morgan fingerprint density at radius 3 is 3.00 bits per heavy atom. The molecule has 0 bridgehead atoms. The summed E-state index contributed by atoms with van der Waals surface area (Å²) in [5.41, 5.74) is 7.09. The highest BCUT2D eigenvalue weighted by atomic mass is 79.9. The van der Waals surface area contributed by atoms with Crippen LogP contribution in [0.2, 0.25) is 0 Å². The van der Waals surface area contributed by atoms with Crippen LogP contribution >= 0.6 is 15.9 Å². The van der Waals surface area contributed by atoms with Gasteiger partial charge in [-0.2, -0.15) is 0 Å². The van der Waals surface area contributed by atoms with Crippen molar-refractivity contribution in [1.29, 1.82) is 0 Å². The predicted octanol–water partition coefficient (Wildman–Crippen LogP) is 1.64. The summed E-state index contributed by atoms with van der Waals surface area (Å²) in [6, 6.07) is 5.35. The minimum Gasteiger partial charge on any atom is -0.398 e. The van der Waals surface area contributed by atoms with Crippen molar-refractivity contribution in [3.8, 4) is 0 Å². The minimum atomic E-state index is -0.0990. The van der Waals surface area contributed by atoms with E-state index in [0.29, 0.717) is 16.7 Å². The number of aromatic nitrogens is 2. The standard InChI is InChI=1S/C11H10BrN3O/c12-10-4-9(13)7-15(11(10)16)6-8-2-1-3-14-5-8/h1-5,7H,6,13H2. The topological polar surface area (TPSA) is 60.9 Å².